The molecule has 0 spiro atoms. The minimum absolute atomic E-state index is 0.158. The maximum Gasteiger partial charge on any atom is 0.115 e. The molecule has 0 aliphatic heterocycles. The molecule has 1 heterocycles. The molecule has 0 saturated carbocycles. The summed E-state index contributed by atoms with van der Waals surface area (Å²) in [5.41, 5.74) is 7.10. The van der Waals surface area contributed by atoms with Crippen molar-refractivity contribution in [3.8, 4) is 5.75 Å². The Bertz CT molecular complexity index is 490. The zero-order chi connectivity index (χ0) is 13.0. The molecule has 1 aromatic carbocycles. The Balaban J connectivity index is 2.09. The minimum Gasteiger partial charge on any atom is -0.508 e. The fourth-order valence-corrected chi connectivity index (χ4v) is 1.85. The highest BCUT2D eigenvalue weighted by molar-refractivity contribution is 5.26. The lowest BCUT2D eigenvalue weighted by Crippen LogP contribution is -2.23. The van der Waals surface area contributed by atoms with Crippen LogP contribution in [-0.4, -0.2) is 20.7 Å². The Morgan fingerprint density at radius 3 is 2.72 bits per heavy atom. The highest BCUT2D eigenvalue weighted by atomic mass is 16.3. The molecule has 1 unspecified atom stereocenters. The van der Waals surface area contributed by atoms with E-state index in [0.29, 0.717) is 0 Å². The van der Waals surface area contributed by atoms with Crippen LogP contribution in [0, 0.1) is 0 Å². The van der Waals surface area contributed by atoms with Crippen molar-refractivity contribution >= 4 is 0 Å². The van der Waals surface area contributed by atoms with Gasteiger partial charge in [0.25, 0.3) is 0 Å². The number of nitrogens with two attached hydrogens (primary N) is 1. The van der Waals surface area contributed by atoms with Gasteiger partial charge in [-0.3, -0.25) is 0 Å². The fraction of sp³-hybridized carbons (Fsp3) is 0.357. The monoisotopic (exact) mass is 245 g/mol. The van der Waals surface area contributed by atoms with E-state index in [1.165, 1.54) is 0 Å². The first-order valence-corrected chi connectivity index (χ1v) is 6.22. The van der Waals surface area contributed by atoms with Crippen LogP contribution < -0.4 is 5.73 Å². The third-order valence-electron chi connectivity index (χ3n) is 3.06. The van der Waals surface area contributed by atoms with E-state index in [-0.39, 0.29) is 11.8 Å². The summed E-state index contributed by atoms with van der Waals surface area (Å²) < 4.78 is 2.10. The van der Waals surface area contributed by atoms with Crippen LogP contribution in [0.15, 0.2) is 36.7 Å². The molecule has 0 aliphatic carbocycles. The molecule has 3 N–H and O–H groups in total. The Labute approximate surface area is 107 Å². The largest absolute Gasteiger partial charge is 0.508 e. The van der Waals surface area contributed by atoms with E-state index in [2.05, 4.69) is 16.5 Å². The molecule has 0 radical (unpaired) electrons. The smallest absolute Gasteiger partial charge is 0.115 e. The molecular weight excluding hydrogens is 226 g/mol. The van der Waals surface area contributed by atoms with Gasteiger partial charge in [0.05, 0.1) is 0 Å². The number of rotatable bonds is 5. The molecule has 4 heteroatoms. The van der Waals surface area contributed by atoms with Crippen molar-refractivity contribution in [2.75, 3.05) is 0 Å². The third-order valence-corrected chi connectivity index (χ3v) is 3.06. The summed E-state index contributed by atoms with van der Waals surface area (Å²) in [7, 11) is 0. The molecule has 18 heavy (non-hydrogen) atoms. The molecule has 1 aromatic heterocycles. The highest BCUT2D eigenvalue weighted by Crippen LogP contribution is 2.12. The predicted molar refractivity (Wildman–Crippen MR) is 71.4 cm³/mol. The summed E-state index contributed by atoms with van der Waals surface area (Å²) >= 11 is 0. The molecule has 2 rings (SSSR count). The van der Waals surface area contributed by atoms with E-state index in [4.69, 9.17) is 5.73 Å². The molecule has 1 atom stereocenters. The van der Waals surface area contributed by atoms with Crippen molar-refractivity contribution < 1.29 is 5.11 Å². The van der Waals surface area contributed by atoms with Crippen molar-refractivity contribution in [1.82, 2.24) is 9.55 Å². The first-order chi connectivity index (χ1) is 8.69. The molecular formula is C14H19N3O. The summed E-state index contributed by atoms with van der Waals surface area (Å²) in [5, 5.41) is 9.25. The number of benzene rings is 1. The lowest BCUT2D eigenvalue weighted by Gasteiger charge is -2.11. The van der Waals surface area contributed by atoms with Crippen molar-refractivity contribution in [3.05, 3.63) is 48.0 Å². The average Bonchev–Trinajstić information content (AvgIpc) is 2.79. The average molecular weight is 245 g/mol. The van der Waals surface area contributed by atoms with Crippen LogP contribution in [0.3, 0.4) is 0 Å². The normalized spacial score (nSPS) is 12.6. The van der Waals surface area contributed by atoms with Crippen molar-refractivity contribution in [1.29, 1.82) is 0 Å². The van der Waals surface area contributed by atoms with E-state index >= 15 is 0 Å². The SMILES string of the molecule is CCC(N)Cc1nccn1Cc1ccc(O)cc1. The number of aromatic nitrogens is 2. The molecule has 0 aliphatic rings. The number of imidazole rings is 1. The molecule has 0 saturated heterocycles. The summed E-state index contributed by atoms with van der Waals surface area (Å²) in [6.07, 6.45) is 5.51. The second-order valence-electron chi connectivity index (χ2n) is 4.51. The molecule has 96 valence electrons. The number of nitrogens with zero attached hydrogens (tertiary/aromatic N) is 2. The van der Waals surface area contributed by atoms with Gasteiger partial charge in [0.15, 0.2) is 0 Å². The number of phenols is 1. The molecule has 0 bridgehead atoms. The van der Waals surface area contributed by atoms with Crippen LogP contribution in [0.1, 0.15) is 24.7 Å². The molecule has 0 amide bonds. The van der Waals surface area contributed by atoms with Gasteiger partial charge >= 0.3 is 0 Å². The number of aromatic hydroxyl groups is 1. The minimum atomic E-state index is 0.158. The van der Waals surface area contributed by atoms with Gasteiger partial charge in [0, 0.05) is 31.4 Å². The summed E-state index contributed by atoms with van der Waals surface area (Å²) in [6, 6.07) is 7.39. The van der Waals surface area contributed by atoms with Crippen LogP contribution in [-0.2, 0) is 13.0 Å². The second kappa shape index (κ2) is 5.69. The van der Waals surface area contributed by atoms with Crippen LogP contribution in [0.4, 0.5) is 0 Å². The number of hydrogen-bond donors (Lipinski definition) is 2. The summed E-state index contributed by atoms with van der Waals surface area (Å²) in [6.45, 7) is 2.84. The zero-order valence-corrected chi connectivity index (χ0v) is 10.6. The van der Waals surface area contributed by atoms with Gasteiger partial charge in [-0.15, -0.1) is 0 Å². The van der Waals surface area contributed by atoms with Crippen LogP contribution in [0.2, 0.25) is 0 Å². The first kappa shape index (κ1) is 12.6. The molecule has 4 nitrogen and oxygen atoms in total. The van der Waals surface area contributed by atoms with Gasteiger partial charge in [0.1, 0.15) is 11.6 Å². The van der Waals surface area contributed by atoms with Gasteiger partial charge < -0.3 is 15.4 Å². The van der Waals surface area contributed by atoms with E-state index in [1.807, 2.05) is 18.3 Å². The summed E-state index contributed by atoms with van der Waals surface area (Å²) in [4.78, 5) is 4.35. The second-order valence-corrected chi connectivity index (χ2v) is 4.51. The Morgan fingerprint density at radius 1 is 1.33 bits per heavy atom. The van der Waals surface area contributed by atoms with Gasteiger partial charge in [0.2, 0.25) is 0 Å². The van der Waals surface area contributed by atoms with Gasteiger partial charge in [-0.05, 0) is 24.1 Å². The zero-order valence-electron chi connectivity index (χ0n) is 10.6. The van der Waals surface area contributed by atoms with Gasteiger partial charge in [-0.25, -0.2) is 4.98 Å². The highest BCUT2D eigenvalue weighted by Gasteiger charge is 2.07. The number of hydrogen-bond acceptors (Lipinski definition) is 3. The van der Waals surface area contributed by atoms with E-state index in [0.717, 1.165) is 30.8 Å². The van der Waals surface area contributed by atoms with Crippen LogP contribution in [0.25, 0.3) is 0 Å². The quantitative estimate of drug-likeness (QED) is 0.845. The van der Waals surface area contributed by atoms with Crippen molar-refractivity contribution in [3.63, 3.8) is 0 Å². The topological polar surface area (TPSA) is 64.1 Å². The van der Waals surface area contributed by atoms with Crippen molar-refractivity contribution in [2.45, 2.75) is 32.4 Å². The lowest BCUT2D eigenvalue weighted by atomic mass is 10.1. The maximum absolute atomic E-state index is 9.25. The summed E-state index contributed by atoms with van der Waals surface area (Å²) in [5.74, 6) is 1.30. The Morgan fingerprint density at radius 2 is 2.06 bits per heavy atom. The Kier molecular flexibility index (Phi) is 3.99. The van der Waals surface area contributed by atoms with E-state index in [1.54, 1.807) is 18.3 Å². The third kappa shape index (κ3) is 3.11. The Hall–Kier alpha value is -1.81. The van der Waals surface area contributed by atoms with Crippen LogP contribution in [0.5, 0.6) is 5.75 Å². The van der Waals surface area contributed by atoms with Crippen molar-refractivity contribution in [2.24, 2.45) is 5.73 Å². The lowest BCUT2D eigenvalue weighted by molar-refractivity contribution is 0.475. The first-order valence-electron chi connectivity index (χ1n) is 6.22. The van der Waals surface area contributed by atoms with Gasteiger partial charge in [-0.1, -0.05) is 19.1 Å². The number of phenolic OH excluding ortho intramolecular Hbond substituents is 1. The predicted octanol–water partition coefficient (Wildman–Crippen LogP) is 1.92. The van der Waals surface area contributed by atoms with Crippen LogP contribution >= 0.6 is 0 Å². The standard InChI is InChI=1S/C14H19N3O/c1-2-12(15)9-14-16-7-8-17(14)10-11-3-5-13(18)6-4-11/h3-8,12,18H,2,9-10,15H2,1H3. The molecule has 0 fully saturated rings. The van der Waals surface area contributed by atoms with Gasteiger partial charge in [-0.2, -0.15) is 0 Å². The maximum atomic E-state index is 9.25. The van der Waals surface area contributed by atoms with E-state index in [9.17, 15) is 5.11 Å². The molecule has 2 aromatic rings. The fourth-order valence-electron chi connectivity index (χ4n) is 1.85. The van der Waals surface area contributed by atoms with E-state index < -0.39 is 0 Å².